The lowest BCUT2D eigenvalue weighted by molar-refractivity contribution is 0.125. The van der Waals surface area contributed by atoms with Gasteiger partial charge in [-0.3, -0.25) is 0 Å². The smallest absolute Gasteiger partial charge is 0.216 e. The number of hydrogen-bond acceptors (Lipinski definition) is 4. The van der Waals surface area contributed by atoms with Gasteiger partial charge in [0.25, 0.3) is 0 Å². The summed E-state index contributed by atoms with van der Waals surface area (Å²) in [5, 5.41) is 9.11. The Hall–Kier alpha value is -0.170. The van der Waals surface area contributed by atoms with Crippen LogP contribution in [0.4, 0.5) is 0 Å². The number of aliphatic hydroxyl groups is 1. The highest BCUT2D eigenvalue weighted by Crippen LogP contribution is 2.15. The van der Waals surface area contributed by atoms with E-state index < -0.39 is 16.1 Å². The third-order valence-corrected chi connectivity index (χ3v) is 4.31. The zero-order chi connectivity index (χ0) is 11.5. The van der Waals surface area contributed by atoms with Crippen molar-refractivity contribution in [2.75, 3.05) is 26.0 Å². The van der Waals surface area contributed by atoms with E-state index in [4.69, 9.17) is 9.84 Å². The maximum absolute atomic E-state index is 11.8. The largest absolute Gasteiger partial charge is 0.392 e. The summed E-state index contributed by atoms with van der Waals surface area (Å²) in [4.78, 5) is 0. The molecule has 1 aliphatic rings. The van der Waals surface area contributed by atoms with Crippen LogP contribution < -0.4 is 0 Å². The molecule has 5 nitrogen and oxygen atoms in total. The third-order valence-electron chi connectivity index (χ3n) is 2.42. The average Bonchev–Trinajstić information content (AvgIpc) is 2.54. The quantitative estimate of drug-likeness (QED) is 0.719. The summed E-state index contributed by atoms with van der Waals surface area (Å²) in [6.45, 7) is 2.35. The fourth-order valence-electron chi connectivity index (χ4n) is 1.62. The van der Waals surface area contributed by atoms with Crippen molar-refractivity contribution < 1.29 is 18.3 Å². The van der Waals surface area contributed by atoms with Gasteiger partial charge in [-0.25, -0.2) is 12.7 Å². The van der Waals surface area contributed by atoms with Crippen LogP contribution >= 0.6 is 0 Å². The van der Waals surface area contributed by atoms with E-state index in [1.165, 1.54) is 11.4 Å². The van der Waals surface area contributed by atoms with Gasteiger partial charge in [0.15, 0.2) is 0 Å². The Morgan fingerprint density at radius 3 is 2.73 bits per heavy atom. The lowest BCUT2D eigenvalue weighted by Gasteiger charge is -2.20. The van der Waals surface area contributed by atoms with Crippen molar-refractivity contribution in [3.63, 3.8) is 0 Å². The molecular weight excluding hydrogens is 218 g/mol. The van der Waals surface area contributed by atoms with Gasteiger partial charge in [0.1, 0.15) is 0 Å². The molecule has 2 unspecified atom stereocenters. The van der Waals surface area contributed by atoms with Gasteiger partial charge in [-0.1, -0.05) is 0 Å². The summed E-state index contributed by atoms with van der Waals surface area (Å²) in [5.41, 5.74) is 0. The van der Waals surface area contributed by atoms with Crippen LogP contribution in [-0.2, 0) is 14.8 Å². The number of rotatable bonds is 5. The molecule has 1 aliphatic heterocycles. The first-order chi connectivity index (χ1) is 6.92. The highest BCUT2D eigenvalue weighted by atomic mass is 32.2. The third kappa shape index (κ3) is 4.06. The van der Waals surface area contributed by atoms with E-state index in [0.29, 0.717) is 6.61 Å². The molecule has 6 heteroatoms. The van der Waals surface area contributed by atoms with E-state index in [-0.39, 0.29) is 18.4 Å². The second-order valence-electron chi connectivity index (χ2n) is 4.04. The van der Waals surface area contributed by atoms with Crippen LogP contribution in [0.15, 0.2) is 0 Å². The first kappa shape index (κ1) is 12.9. The van der Waals surface area contributed by atoms with Crippen LogP contribution in [0.25, 0.3) is 0 Å². The van der Waals surface area contributed by atoms with E-state index in [2.05, 4.69) is 0 Å². The number of nitrogens with zero attached hydrogens (tertiary/aromatic N) is 1. The molecule has 90 valence electrons. The Balaban J connectivity index is 2.49. The SMILES string of the molecule is CC(O)CN(C)S(=O)(=O)CC1CCCO1. The standard InChI is InChI=1S/C9H19NO4S/c1-8(11)6-10(2)15(12,13)7-9-4-3-5-14-9/h8-9,11H,3-7H2,1-2H3. The van der Waals surface area contributed by atoms with Crippen molar-refractivity contribution in [3.05, 3.63) is 0 Å². The predicted octanol–water partition coefficient (Wildman–Crippen LogP) is -0.192. The molecule has 0 bridgehead atoms. The van der Waals surface area contributed by atoms with Gasteiger partial charge in [0.2, 0.25) is 10.0 Å². The summed E-state index contributed by atoms with van der Waals surface area (Å²) < 4.78 is 30.0. The minimum Gasteiger partial charge on any atom is -0.392 e. The molecule has 0 amide bonds. The van der Waals surface area contributed by atoms with Gasteiger partial charge < -0.3 is 9.84 Å². The Morgan fingerprint density at radius 1 is 1.60 bits per heavy atom. The van der Waals surface area contributed by atoms with Gasteiger partial charge >= 0.3 is 0 Å². The molecule has 0 aliphatic carbocycles. The Morgan fingerprint density at radius 2 is 2.27 bits per heavy atom. The van der Waals surface area contributed by atoms with Gasteiger partial charge in [-0.2, -0.15) is 0 Å². The lowest BCUT2D eigenvalue weighted by Crippen LogP contribution is -2.37. The van der Waals surface area contributed by atoms with Gasteiger partial charge in [-0.15, -0.1) is 0 Å². The van der Waals surface area contributed by atoms with Crippen molar-refractivity contribution in [2.24, 2.45) is 0 Å². The van der Waals surface area contributed by atoms with E-state index in [9.17, 15) is 8.42 Å². The fourth-order valence-corrected chi connectivity index (χ4v) is 3.05. The molecule has 0 radical (unpaired) electrons. The van der Waals surface area contributed by atoms with Gasteiger partial charge in [-0.05, 0) is 19.8 Å². The Labute approximate surface area is 91.1 Å². The van der Waals surface area contributed by atoms with E-state index >= 15 is 0 Å². The summed E-state index contributed by atoms with van der Waals surface area (Å²) in [6.07, 6.45) is 0.919. The molecule has 0 spiro atoms. The molecule has 2 atom stereocenters. The predicted molar refractivity (Wildman–Crippen MR) is 57.1 cm³/mol. The minimum absolute atomic E-state index is 0.0240. The molecule has 0 aromatic carbocycles. The molecule has 0 aromatic rings. The highest BCUT2D eigenvalue weighted by molar-refractivity contribution is 7.89. The van der Waals surface area contributed by atoms with Crippen molar-refractivity contribution in [1.29, 1.82) is 0 Å². The van der Waals surface area contributed by atoms with Crippen LogP contribution in [0.5, 0.6) is 0 Å². The summed E-state index contributed by atoms with van der Waals surface area (Å²) in [6, 6.07) is 0. The topological polar surface area (TPSA) is 66.8 Å². The molecule has 1 fully saturated rings. The fraction of sp³-hybridized carbons (Fsp3) is 1.00. The highest BCUT2D eigenvalue weighted by Gasteiger charge is 2.26. The van der Waals surface area contributed by atoms with Crippen molar-refractivity contribution in [3.8, 4) is 0 Å². The normalized spacial score (nSPS) is 24.7. The molecule has 1 rings (SSSR count). The molecular formula is C9H19NO4S. The maximum Gasteiger partial charge on any atom is 0.216 e. The summed E-state index contributed by atoms with van der Waals surface area (Å²) in [5.74, 6) is 0.0240. The molecule has 1 heterocycles. The molecule has 1 saturated heterocycles. The van der Waals surface area contributed by atoms with Gasteiger partial charge in [0.05, 0.1) is 18.0 Å². The Bertz CT molecular complexity index is 282. The second kappa shape index (κ2) is 5.25. The maximum atomic E-state index is 11.8. The summed E-state index contributed by atoms with van der Waals surface area (Å²) in [7, 11) is -1.81. The molecule has 1 N–H and O–H groups in total. The molecule has 0 aromatic heterocycles. The summed E-state index contributed by atoms with van der Waals surface area (Å²) >= 11 is 0. The minimum atomic E-state index is -3.29. The zero-order valence-corrected chi connectivity index (χ0v) is 10.0. The number of ether oxygens (including phenoxy) is 1. The molecule has 0 saturated carbocycles. The number of hydrogen-bond donors (Lipinski definition) is 1. The lowest BCUT2D eigenvalue weighted by atomic mass is 10.3. The monoisotopic (exact) mass is 237 g/mol. The first-order valence-corrected chi connectivity index (χ1v) is 6.76. The van der Waals surface area contributed by atoms with E-state index in [1.807, 2.05) is 0 Å². The van der Waals surface area contributed by atoms with Crippen LogP contribution in [0.2, 0.25) is 0 Å². The zero-order valence-electron chi connectivity index (χ0n) is 9.22. The number of sulfonamides is 1. The van der Waals surface area contributed by atoms with Crippen molar-refractivity contribution >= 4 is 10.0 Å². The van der Waals surface area contributed by atoms with Crippen LogP contribution in [0.1, 0.15) is 19.8 Å². The molecule has 15 heavy (non-hydrogen) atoms. The van der Waals surface area contributed by atoms with Crippen molar-refractivity contribution in [2.45, 2.75) is 32.0 Å². The van der Waals surface area contributed by atoms with Crippen LogP contribution in [0.3, 0.4) is 0 Å². The number of likely N-dealkylation sites (N-methyl/N-ethyl adjacent to an activating group) is 1. The van der Waals surface area contributed by atoms with E-state index in [1.54, 1.807) is 6.92 Å². The van der Waals surface area contributed by atoms with Crippen molar-refractivity contribution in [1.82, 2.24) is 4.31 Å². The van der Waals surface area contributed by atoms with Gasteiger partial charge in [0, 0.05) is 20.2 Å². The van der Waals surface area contributed by atoms with Crippen LogP contribution in [0, 0.1) is 0 Å². The number of aliphatic hydroxyl groups excluding tert-OH is 1. The van der Waals surface area contributed by atoms with E-state index in [0.717, 1.165) is 12.8 Å². The first-order valence-electron chi connectivity index (χ1n) is 5.15. The second-order valence-corrected chi connectivity index (χ2v) is 6.16. The van der Waals surface area contributed by atoms with Crippen LogP contribution in [-0.4, -0.2) is 56.0 Å². The average molecular weight is 237 g/mol. The Kier molecular flexibility index (Phi) is 4.51.